The second-order valence-corrected chi connectivity index (χ2v) is 6.48. The number of likely N-dealkylation sites (tertiary alicyclic amines) is 1. The number of aryl methyl sites for hydroxylation is 1. The van der Waals surface area contributed by atoms with Crippen LogP contribution in [0.5, 0.6) is 5.88 Å². The third-order valence-electron chi connectivity index (χ3n) is 4.76. The summed E-state index contributed by atoms with van der Waals surface area (Å²) in [5.74, 6) is 0.560. The normalized spacial score (nSPS) is 23.4. The number of nitrogens with zero attached hydrogens (tertiary/aromatic N) is 7. The first-order valence-corrected chi connectivity index (χ1v) is 8.15. The molecule has 2 aromatic rings. The second kappa shape index (κ2) is 5.90. The number of aromatic nitrogens is 5. The summed E-state index contributed by atoms with van der Waals surface area (Å²) in [5, 5.41) is 12.3. The zero-order valence-corrected chi connectivity index (χ0v) is 13.9. The van der Waals surface area contributed by atoms with Crippen LogP contribution < -0.4 is 4.74 Å². The van der Waals surface area contributed by atoms with Crippen molar-refractivity contribution in [3.8, 4) is 5.88 Å². The lowest BCUT2D eigenvalue weighted by Gasteiger charge is -2.24. The maximum absolute atomic E-state index is 13.0. The second-order valence-electron chi connectivity index (χ2n) is 6.48. The lowest BCUT2D eigenvalue weighted by molar-refractivity contribution is 0.0774. The Hall–Kier alpha value is -2.42. The highest BCUT2D eigenvalue weighted by Crippen LogP contribution is 2.29. The monoisotopic (exact) mass is 331 g/mol. The van der Waals surface area contributed by atoms with Crippen LogP contribution in [0.2, 0.25) is 0 Å². The van der Waals surface area contributed by atoms with Crippen molar-refractivity contribution >= 4 is 5.91 Å². The van der Waals surface area contributed by atoms with E-state index in [0.717, 1.165) is 13.0 Å². The van der Waals surface area contributed by atoms with E-state index in [1.165, 1.54) is 0 Å². The largest absolute Gasteiger partial charge is 0.477 e. The smallest absolute Gasteiger partial charge is 0.261 e. The van der Waals surface area contributed by atoms with Crippen molar-refractivity contribution in [1.29, 1.82) is 0 Å². The maximum atomic E-state index is 13.0. The van der Waals surface area contributed by atoms with E-state index in [2.05, 4.69) is 20.3 Å². The van der Waals surface area contributed by atoms with Gasteiger partial charge in [-0.2, -0.15) is 5.10 Å². The Morgan fingerprint density at radius 3 is 3.00 bits per heavy atom. The van der Waals surface area contributed by atoms with Crippen LogP contribution in [0, 0.1) is 0 Å². The fourth-order valence-electron chi connectivity index (χ4n) is 3.48. The van der Waals surface area contributed by atoms with Crippen LogP contribution in [-0.2, 0) is 6.54 Å². The Kier molecular flexibility index (Phi) is 3.72. The summed E-state index contributed by atoms with van der Waals surface area (Å²) in [5.41, 5.74) is 0.548. The number of carbonyl (C=O) groups excluding carboxylic acids is 1. The molecule has 2 aliphatic heterocycles. The Bertz CT molecular complexity index is 724. The zero-order valence-electron chi connectivity index (χ0n) is 13.9. The number of carbonyl (C=O) groups is 1. The fraction of sp³-hybridized carbons (Fsp3) is 0.600. The molecule has 0 unspecified atom stereocenters. The molecule has 0 aliphatic carbocycles. The molecular weight excluding hydrogens is 310 g/mol. The van der Waals surface area contributed by atoms with E-state index >= 15 is 0 Å². The number of hydrogen-bond donors (Lipinski definition) is 0. The molecule has 2 aromatic heterocycles. The number of rotatable bonds is 3. The van der Waals surface area contributed by atoms with Gasteiger partial charge < -0.3 is 14.5 Å². The van der Waals surface area contributed by atoms with Crippen LogP contribution in [0.15, 0.2) is 18.6 Å². The predicted molar refractivity (Wildman–Crippen MR) is 84.8 cm³/mol. The number of amides is 1. The average Bonchev–Trinajstić information content (AvgIpc) is 3.31. The van der Waals surface area contributed by atoms with Gasteiger partial charge in [-0.1, -0.05) is 5.21 Å². The van der Waals surface area contributed by atoms with Gasteiger partial charge in [0.05, 0.1) is 31.1 Å². The zero-order chi connectivity index (χ0) is 16.7. The molecule has 0 spiro atoms. The van der Waals surface area contributed by atoms with Crippen LogP contribution in [0.1, 0.15) is 22.8 Å². The topological polar surface area (TPSA) is 81.3 Å². The molecular formula is C15H21N7O2. The van der Waals surface area contributed by atoms with Gasteiger partial charge in [0, 0.05) is 32.3 Å². The van der Waals surface area contributed by atoms with E-state index in [-0.39, 0.29) is 18.0 Å². The molecule has 1 amide bonds. The van der Waals surface area contributed by atoms with Gasteiger partial charge in [-0.25, -0.2) is 9.36 Å². The molecule has 0 aromatic carbocycles. The first kappa shape index (κ1) is 15.1. The first-order valence-electron chi connectivity index (χ1n) is 8.15. The molecule has 4 rings (SSSR count). The Balaban J connectivity index is 1.58. The van der Waals surface area contributed by atoms with E-state index in [4.69, 9.17) is 4.74 Å². The quantitative estimate of drug-likeness (QED) is 0.780. The Labute approximate surface area is 139 Å². The maximum Gasteiger partial charge on any atom is 0.261 e. The molecule has 128 valence electrons. The van der Waals surface area contributed by atoms with Gasteiger partial charge >= 0.3 is 0 Å². The summed E-state index contributed by atoms with van der Waals surface area (Å²) in [7, 11) is 4.04. The number of hydrogen-bond acceptors (Lipinski definition) is 6. The molecule has 0 bridgehead atoms. The van der Waals surface area contributed by atoms with Crippen LogP contribution >= 0.6 is 0 Å². The molecule has 2 atom stereocenters. The molecule has 2 aliphatic rings. The van der Waals surface area contributed by atoms with Gasteiger partial charge in [0.15, 0.2) is 0 Å². The number of likely N-dealkylation sites (N-methyl/N-ethyl adjacent to an activating group) is 1. The van der Waals surface area contributed by atoms with Crippen molar-refractivity contribution in [2.75, 3.05) is 33.8 Å². The molecule has 24 heavy (non-hydrogen) atoms. The van der Waals surface area contributed by atoms with Gasteiger partial charge in [-0.15, -0.1) is 5.10 Å². The summed E-state index contributed by atoms with van der Waals surface area (Å²) >= 11 is 0. The van der Waals surface area contributed by atoms with Crippen molar-refractivity contribution in [1.82, 2.24) is 34.6 Å². The van der Waals surface area contributed by atoms with Gasteiger partial charge in [0.2, 0.25) is 5.88 Å². The van der Waals surface area contributed by atoms with E-state index in [1.54, 1.807) is 17.1 Å². The summed E-state index contributed by atoms with van der Waals surface area (Å²) in [6.07, 6.45) is 6.05. The predicted octanol–water partition coefficient (Wildman–Crippen LogP) is -0.116. The van der Waals surface area contributed by atoms with E-state index in [1.807, 2.05) is 29.9 Å². The molecule has 9 nitrogen and oxygen atoms in total. The first-order chi connectivity index (χ1) is 11.6. The number of ether oxygens (including phenoxy) is 1. The Morgan fingerprint density at radius 2 is 2.25 bits per heavy atom. The average molecular weight is 331 g/mol. The summed E-state index contributed by atoms with van der Waals surface area (Å²) in [4.78, 5) is 17.0. The lowest BCUT2D eigenvalue weighted by Crippen LogP contribution is -2.37. The third-order valence-corrected chi connectivity index (χ3v) is 4.76. The summed E-state index contributed by atoms with van der Waals surface area (Å²) in [6, 6.07) is 0.265. The van der Waals surface area contributed by atoms with Crippen LogP contribution in [-0.4, -0.2) is 80.3 Å². The van der Waals surface area contributed by atoms with Crippen molar-refractivity contribution in [3.63, 3.8) is 0 Å². The minimum absolute atomic E-state index is 0.0346. The van der Waals surface area contributed by atoms with E-state index < -0.39 is 0 Å². The minimum atomic E-state index is -0.0346. The molecule has 1 fully saturated rings. The highest BCUT2D eigenvalue weighted by Gasteiger charge is 2.39. The third kappa shape index (κ3) is 2.44. The van der Waals surface area contributed by atoms with E-state index in [0.29, 0.717) is 31.1 Å². The molecule has 0 saturated carbocycles. The molecule has 9 heteroatoms. The fourth-order valence-corrected chi connectivity index (χ4v) is 3.48. The van der Waals surface area contributed by atoms with Crippen LogP contribution in [0.3, 0.4) is 0 Å². The van der Waals surface area contributed by atoms with Crippen molar-refractivity contribution < 1.29 is 9.53 Å². The van der Waals surface area contributed by atoms with Gasteiger partial charge in [-0.05, 0) is 14.1 Å². The van der Waals surface area contributed by atoms with Gasteiger partial charge in [-0.3, -0.25) is 4.79 Å². The van der Waals surface area contributed by atoms with Gasteiger partial charge in [0.25, 0.3) is 5.91 Å². The van der Waals surface area contributed by atoms with E-state index in [9.17, 15) is 4.79 Å². The minimum Gasteiger partial charge on any atom is -0.477 e. The Morgan fingerprint density at radius 1 is 1.38 bits per heavy atom. The van der Waals surface area contributed by atoms with Gasteiger partial charge in [0.1, 0.15) is 5.56 Å². The molecule has 4 heterocycles. The summed E-state index contributed by atoms with van der Waals surface area (Å²) < 4.78 is 9.27. The standard InChI is InChI=1S/C15H21N7O2/c1-19(2)12-9-20(10-13(12)21-6-4-16-18-21)14(23)11-8-17-22-5-3-7-24-15(11)22/h4,6,8,12-13H,3,5,7,9-10H2,1-2H3/t12-,13+/m1/s1. The number of fused-ring (bicyclic) bond motifs is 1. The summed E-state index contributed by atoms with van der Waals surface area (Å²) in [6.45, 7) is 2.66. The lowest BCUT2D eigenvalue weighted by atomic mass is 10.1. The molecule has 0 radical (unpaired) electrons. The van der Waals surface area contributed by atoms with Crippen LogP contribution in [0.25, 0.3) is 0 Å². The van der Waals surface area contributed by atoms with Crippen LogP contribution in [0.4, 0.5) is 0 Å². The van der Waals surface area contributed by atoms with Crippen molar-refractivity contribution in [2.24, 2.45) is 0 Å². The highest BCUT2D eigenvalue weighted by atomic mass is 16.5. The highest BCUT2D eigenvalue weighted by molar-refractivity contribution is 5.96. The van der Waals surface area contributed by atoms with Crippen molar-refractivity contribution in [3.05, 3.63) is 24.2 Å². The SMILES string of the molecule is CN(C)[C@@H]1CN(C(=O)c2cnn3c2OCCC3)C[C@@H]1n1ccnn1. The van der Waals surface area contributed by atoms with Crippen molar-refractivity contribution in [2.45, 2.75) is 25.0 Å². The molecule has 0 N–H and O–H groups in total. The molecule has 1 saturated heterocycles.